The molecule has 0 aliphatic carbocycles. The molecule has 0 radical (unpaired) electrons. The number of hydrogen-bond donors (Lipinski definition) is 0. The molecule has 0 atom stereocenters. The van der Waals surface area contributed by atoms with Crippen molar-refractivity contribution in [2.24, 2.45) is 0 Å². The van der Waals surface area contributed by atoms with Gasteiger partial charge in [0.2, 0.25) is 0 Å². The zero-order valence-electron chi connectivity index (χ0n) is 10.7. The van der Waals surface area contributed by atoms with E-state index in [1.54, 1.807) is 17.5 Å². The van der Waals surface area contributed by atoms with Crippen LogP contribution in [0, 0.1) is 20.8 Å². The monoisotopic (exact) mass is 277 g/mol. The first-order valence-corrected chi connectivity index (χ1v) is 7.58. The van der Waals surface area contributed by atoms with Gasteiger partial charge in [0.05, 0.1) is 5.75 Å². The van der Waals surface area contributed by atoms with E-state index < -0.39 is 0 Å². The van der Waals surface area contributed by atoms with Crippen molar-refractivity contribution in [1.82, 2.24) is 4.98 Å². The van der Waals surface area contributed by atoms with Crippen molar-refractivity contribution in [2.45, 2.75) is 25.1 Å². The first-order valence-electron chi connectivity index (χ1n) is 5.71. The molecule has 1 heterocycles. The van der Waals surface area contributed by atoms with Gasteiger partial charge in [-0.2, -0.15) is 0 Å². The fourth-order valence-corrected chi connectivity index (χ4v) is 3.61. The van der Waals surface area contributed by atoms with Gasteiger partial charge in [-0.25, -0.2) is 4.98 Å². The van der Waals surface area contributed by atoms with E-state index in [2.05, 4.69) is 24.0 Å². The fourth-order valence-electron chi connectivity index (χ4n) is 2.10. The quantitative estimate of drug-likeness (QED) is 0.624. The molecule has 2 nitrogen and oxygen atoms in total. The molecule has 0 unspecified atom stereocenters. The van der Waals surface area contributed by atoms with Crippen molar-refractivity contribution in [3.8, 4) is 0 Å². The lowest BCUT2D eigenvalue weighted by atomic mass is 9.97. The Morgan fingerprint density at radius 1 is 1.28 bits per heavy atom. The molecule has 0 bridgehead atoms. The topological polar surface area (TPSA) is 30.0 Å². The van der Waals surface area contributed by atoms with Crippen molar-refractivity contribution in [2.75, 3.05) is 5.75 Å². The summed E-state index contributed by atoms with van der Waals surface area (Å²) in [5.41, 5.74) is 4.20. The average Bonchev–Trinajstić information content (AvgIpc) is 2.77. The average molecular weight is 277 g/mol. The maximum Gasteiger partial charge on any atom is 0.173 e. The molecule has 0 fully saturated rings. The van der Waals surface area contributed by atoms with Crippen molar-refractivity contribution in [3.63, 3.8) is 0 Å². The summed E-state index contributed by atoms with van der Waals surface area (Å²) in [6.45, 7) is 6.06. The SMILES string of the molecule is Cc1cc(C)c(C(=O)CSc2nccs2)c(C)c1. The van der Waals surface area contributed by atoms with E-state index in [-0.39, 0.29) is 5.78 Å². The van der Waals surface area contributed by atoms with Crippen molar-refractivity contribution in [3.05, 3.63) is 46.0 Å². The Kier molecular flexibility index (Phi) is 4.19. The molecule has 0 aliphatic rings. The molecule has 1 aromatic heterocycles. The second-order valence-electron chi connectivity index (χ2n) is 4.28. The first-order chi connectivity index (χ1) is 8.58. The Morgan fingerprint density at radius 2 is 1.94 bits per heavy atom. The van der Waals surface area contributed by atoms with Gasteiger partial charge in [0.25, 0.3) is 0 Å². The second-order valence-corrected chi connectivity index (χ2v) is 6.40. The summed E-state index contributed by atoms with van der Waals surface area (Å²) in [5.74, 6) is 0.642. The van der Waals surface area contributed by atoms with Gasteiger partial charge in [-0.3, -0.25) is 4.79 Å². The Labute approximate surface area is 115 Å². The van der Waals surface area contributed by atoms with Crippen LogP contribution in [0.5, 0.6) is 0 Å². The predicted octanol–water partition coefficient (Wildman–Crippen LogP) is 4.04. The Morgan fingerprint density at radius 3 is 2.50 bits per heavy atom. The van der Waals surface area contributed by atoms with Gasteiger partial charge >= 0.3 is 0 Å². The van der Waals surface area contributed by atoms with E-state index in [1.807, 2.05) is 19.2 Å². The molecule has 0 saturated heterocycles. The zero-order chi connectivity index (χ0) is 13.1. The van der Waals surface area contributed by atoms with Crippen LogP contribution in [0.4, 0.5) is 0 Å². The summed E-state index contributed by atoms with van der Waals surface area (Å²) in [5, 5.41) is 1.93. The minimum absolute atomic E-state index is 0.185. The number of aryl methyl sites for hydroxylation is 3. The van der Waals surface area contributed by atoms with Crippen LogP contribution in [0.1, 0.15) is 27.0 Å². The van der Waals surface area contributed by atoms with E-state index in [0.29, 0.717) is 5.75 Å². The van der Waals surface area contributed by atoms with E-state index in [9.17, 15) is 4.79 Å². The van der Waals surface area contributed by atoms with Crippen LogP contribution >= 0.6 is 23.1 Å². The third-order valence-corrected chi connectivity index (χ3v) is 4.66. The fraction of sp³-hybridized carbons (Fsp3) is 0.286. The number of aromatic nitrogens is 1. The normalized spacial score (nSPS) is 10.6. The van der Waals surface area contributed by atoms with E-state index >= 15 is 0 Å². The molecule has 18 heavy (non-hydrogen) atoms. The van der Waals surface area contributed by atoms with Gasteiger partial charge in [0, 0.05) is 17.1 Å². The Hall–Kier alpha value is -1.13. The number of carbonyl (C=O) groups excluding carboxylic acids is 1. The summed E-state index contributed by atoms with van der Waals surface area (Å²) < 4.78 is 0.950. The largest absolute Gasteiger partial charge is 0.293 e. The lowest BCUT2D eigenvalue weighted by Crippen LogP contribution is -2.07. The number of thiazole rings is 1. The highest BCUT2D eigenvalue weighted by Crippen LogP contribution is 2.23. The predicted molar refractivity (Wildman–Crippen MR) is 77.8 cm³/mol. The molecule has 0 N–H and O–H groups in total. The number of ketones is 1. The lowest BCUT2D eigenvalue weighted by Gasteiger charge is -2.09. The van der Waals surface area contributed by atoms with Gasteiger partial charge in [-0.05, 0) is 31.9 Å². The first kappa shape index (κ1) is 13.3. The number of benzene rings is 1. The summed E-state index contributed by atoms with van der Waals surface area (Å²) in [7, 11) is 0. The molecule has 0 saturated carbocycles. The van der Waals surface area contributed by atoms with Crippen molar-refractivity contribution in [1.29, 1.82) is 0 Å². The number of thioether (sulfide) groups is 1. The molecule has 0 amide bonds. The Bertz CT molecular complexity index is 538. The molecule has 94 valence electrons. The summed E-state index contributed by atoms with van der Waals surface area (Å²) >= 11 is 3.08. The molecule has 1 aromatic carbocycles. The number of nitrogens with zero attached hydrogens (tertiary/aromatic N) is 1. The van der Waals surface area contributed by atoms with Gasteiger partial charge in [0.1, 0.15) is 4.34 Å². The third kappa shape index (κ3) is 3.00. The van der Waals surface area contributed by atoms with Crippen LogP contribution in [0.2, 0.25) is 0 Å². The van der Waals surface area contributed by atoms with Crippen LogP contribution < -0.4 is 0 Å². The number of Topliss-reactive ketones (excluding diaryl/α,β-unsaturated/α-hetero) is 1. The van der Waals surface area contributed by atoms with Crippen LogP contribution in [-0.2, 0) is 0 Å². The molecular weight excluding hydrogens is 262 g/mol. The minimum Gasteiger partial charge on any atom is -0.293 e. The smallest absolute Gasteiger partial charge is 0.173 e. The van der Waals surface area contributed by atoms with Gasteiger partial charge in [-0.1, -0.05) is 29.5 Å². The van der Waals surface area contributed by atoms with E-state index in [0.717, 1.165) is 21.0 Å². The molecule has 2 aromatic rings. The zero-order valence-corrected chi connectivity index (χ0v) is 12.3. The highest BCUT2D eigenvalue weighted by Gasteiger charge is 2.13. The molecule has 4 heteroatoms. The molecule has 0 aliphatic heterocycles. The van der Waals surface area contributed by atoms with Gasteiger partial charge in [0.15, 0.2) is 5.78 Å². The summed E-state index contributed by atoms with van der Waals surface area (Å²) in [4.78, 5) is 16.4. The van der Waals surface area contributed by atoms with Gasteiger partial charge < -0.3 is 0 Å². The highest BCUT2D eigenvalue weighted by molar-refractivity contribution is 8.01. The standard InChI is InChI=1S/C14H15NOS2/c1-9-6-10(2)13(11(3)7-9)12(16)8-18-14-15-4-5-17-14/h4-7H,8H2,1-3H3. The number of hydrogen-bond acceptors (Lipinski definition) is 4. The van der Waals surface area contributed by atoms with E-state index in [1.165, 1.54) is 17.3 Å². The summed E-state index contributed by atoms with van der Waals surface area (Å²) in [6, 6.07) is 4.13. The number of rotatable bonds is 4. The second kappa shape index (κ2) is 5.67. The van der Waals surface area contributed by atoms with Crippen LogP contribution in [0.15, 0.2) is 28.0 Å². The van der Waals surface area contributed by atoms with Gasteiger partial charge in [-0.15, -0.1) is 11.3 Å². The van der Waals surface area contributed by atoms with Crippen LogP contribution in [0.25, 0.3) is 0 Å². The molecular formula is C14H15NOS2. The minimum atomic E-state index is 0.185. The van der Waals surface area contributed by atoms with E-state index in [4.69, 9.17) is 0 Å². The highest BCUT2D eigenvalue weighted by atomic mass is 32.2. The molecule has 2 rings (SSSR count). The van der Waals surface area contributed by atoms with Crippen molar-refractivity contribution >= 4 is 28.9 Å². The van der Waals surface area contributed by atoms with Crippen LogP contribution in [0.3, 0.4) is 0 Å². The lowest BCUT2D eigenvalue weighted by molar-refractivity contribution is 0.102. The van der Waals surface area contributed by atoms with Crippen molar-refractivity contribution < 1.29 is 4.79 Å². The van der Waals surface area contributed by atoms with Crippen LogP contribution in [-0.4, -0.2) is 16.5 Å². The number of carbonyl (C=O) groups is 1. The third-order valence-electron chi connectivity index (χ3n) is 2.69. The maximum absolute atomic E-state index is 12.2. The maximum atomic E-state index is 12.2. The Balaban J connectivity index is 2.14. The summed E-state index contributed by atoms with van der Waals surface area (Å²) in [6.07, 6.45) is 1.76. The molecule has 0 spiro atoms.